The summed E-state index contributed by atoms with van der Waals surface area (Å²) in [6.45, 7) is 6.72. The number of aryl methyl sites for hydroxylation is 1. The second-order valence-electron chi connectivity index (χ2n) is 5.07. The lowest BCUT2D eigenvalue weighted by atomic mass is 10.1. The van der Waals surface area contributed by atoms with E-state index in [1.807, 2.05) is 25.1 Å². The van der Waals surface area contributed by atoms with Crippen molar-refractivity contribution in [2.45, 2.75) is 26.9 Å². The molecule has 2 rings (SSSR count). The van der Waals surface area contributed by atoms with E-state index in [0.29, 0.717) is 11.6 Å². The van der Waals surface area contributed by atoms with Gasteiger partial charge in [0.15, 0.2) is 0 Å². The van der Waals surface area contributed by atoms with Crippen molar-refractivity contribution >= 4 is 11.6 Å². The third kappa shape index (κ3) is 4.76. The zero-order valence-electron chi connectivity index (χ0n) is 12.7. The summed E-state index contributed by atoms with van der Waals surface area (Å²) in [4.78, 5) is 0. The van der Waals surface area contributed by atoms with Crippen molar-refractivity contribution in [2.24, 2.45) is 0 Å². The summed E-state index contributed by atoms with van der Waals surface area (Å²) < 4.78 is 5.95. The second kappa shape index (κ2) is 8.06. The molecule has 3 heteroatoms. The van der Waals surface area contributed by atoms with E-state index in [9.17, 15) is 0 Å². The number of halogens is 1. The van der Waals surface area contributed by atoms with Crippen molar-refractivity contribution in [3.05, 3.63) is 64.2 Å². The Kier molecular flexibility index (Phi) is 6.09. The number of hydrogen-bond donors (Lipinski definition) is 1. The molecule has 0 aliphatic rings. The lowest BCUT2D eigenvalue weighted by molar-refractivity contribution is 0.303. The smallest absolute Gasteiger partial charge is 0.124 e. The van der Waals surface area contributed by atoms with E-state index in [4.69, 9.17) is 16.3 Å². The van der Waals surface area contributed by atoms with Crippen LogP contribution in [0.25, 0.3) is 0 Å². The van der Waals surface area contributed by atoms with Gasteiger partial charge < -0.3 is 10.1 Å². The minimum atomic E-state index is 0.573. The van der Waals surface area contributed by atoms with Gasteiger partial charge in [0, 0.05) is 5.02 Å². The predicted octanol–water partition coefficient (Wildman–Crippen LogP) is 4.38. The summed E-state index contributed by atoms with van der Waals surface area (Å²) in [6, 6.07) is 14.2. The molecule has 0 heterocycles. The molecule has 112 valence electrons. The summed E-state index contributed by atoms with van der Waals surface area (Å²) in [6.07, 6.45) is 1.02. The molecule has 1 N–H and O–H groups in total. The van der Waals surface area contributed by atoms with Crippen LogP contribution in [0.15, 0.2) is 42.5 Å². The quantitative estimate of drug-likeness (QED) is 0.766. The molecule has 0 radical (unpaired) electrons. The van der Waals surface area contributed by atoms with Gasteiger partial charge in [-0.05, 0) is 55.3 Å². The third-order valence-corrected chi connectivity index (χ3v) is 3.71. The Balaban J connectivity index is 2.04. The van der Waals surface area contributed by atoms with Crippen LogP contribution >= 0.6 is 11.6 Å². The standard InChI is InChI=1S/C18H22ClNO/c1-3-20-11-10-15-6-4-5-7-16(15)13-21-18-12-17(19)9-8-14(18)2/h4-9,12,20H,3,10-11,13H2,1-2H3. The molecule has 0 bridgehead atoms. The first-order valence-corrected chi connectivity index (χ1v) is 7.75. The molecule has 0 amide bonds. The van der Waals surface area contributed by atoms with Crippen LogP contribution in [0.2, 0.25) is 5.02 Å². The Morgan fingerprint density at radius 2 is 1.86 bits per heavy atom. The Bertz CT molecular complexity index is 583. The van der Waals surface area contributed by atoms with Crippen LogP contribution in [0.3, 0.4) is 0 Å². The van der Waals surface area contributed by atoms with Crippen LogP contribution in [0.5, 0.6) is 5.75 Å². The fraction of sp³-hybridized carbons (Fsp3) is 0.333. The first-order valence-electron chi connectivity index (χ1n) is 7.37. The van der Waals surface area contributed by atoms with Crippen molar-refractivity contribution in [3.8, 4) is 5.75 Å². The SMILES string of the molecule is CCNCCc1ccccc1COc1cc(Cl)ccc1C. The zero-order chi connectivity index (χ0) is 15.1. The molecule has 0 spiro atoms. The van der Waals surface area contributed by atoms with Crippen molar-refractivity contribution in [1.82, 2.24) is 5.32 Å². The second-order valence-corrected chi connectivity index (χ2v) is 5.51. The van der Waals surface area contributed by atoms with Gasteiger partial charge in [0.25, 0.3) is 0 Å². The van der Waals surface area contributed by atoms with Gasteiger partial charge in [-0.3, -0.25) is 0 Å². The van der Waals surface area contributed by atoms with Gasteiger partial charge in [-0.25, -0.2) is 0 Å². The van der Waals surface area contributed by atoms with Gasteiger partial charge in [0.05, 0.1) is 0 Å². The number of nitrogens with one attached hydrogen (secondary N) is 1. The van der Waals surface area contributed by atoms with Crippen LogP contribution in [-0.4, -0.2) is 13.1 Å². The zero-order valence-corrected chi connectivity index (χ0v) is 13.4. The van der Waals surface area contributed by atoms with Crippen molar-refractivity contribution in [2.75, 3.05) is 13.1 Å². The van der Waals surface area contributed by atoms with Crippen molar-refractivity contribution in [3.63, 3.8) is 0 Å². The van der Waals surface area contributed by atoms with Gasteiger partial charge in [0.1, 0.15) is 12.4 Å². The number of hydrogen-bond acceptors (Lipinski definition) is 2. The highest BCUT2D eigenvalue weighted by Crippen LogP contribution is 2.24. The van der Waals surface area contributed by atoms with Gasteiger partial charge >= 0.3 is 0 Å². The lowest BCUT2D eigenvalue weighted by Gasteiger charge is -2.13. The highest BCUT2D eigenvalue weighted by molar-refractivity contribution is 6.30. The molecule has 2 aromatic carbocycles. The normalized spacial score (nSPS) is 10.6. The Labute approximate surface area is 132 Å². The van der Waals surface area contributed by atoms with Crippen molar-refractivity contribution < 1.29 is 4.74 Å². The lowest BCUT2D eigenvalue weighted by Crippen LogP contribution is -2.17. The summed E-state index contributed by atoms with van der Waals surface area (Å²) in [5, 5.41) is 4.06. The monoisotopic (exact) mass is 303 g/mol. The maximum atomic E-state index is 6.03. The van der Waals surface area contributed by atoms with E-state index >= 15 is 0 Å². The molecule has 2 nitrogen and oxygen atoms in total. The van der Waals surface area contributed by atoms with Crippen LogP contribution < -0.4 is 10.1 Å². The number of likely N-dealkylation sites (N-methyl/N-ethyl adjacent to an activating group) is 1. The molecule has 0 aliphatic carbocycles. The Hall–Kier alpha value is -1.51. The van der Waals surface area contributed by atoms with E-state index in [2.05, 4.69) is 36.5 Å². The number of rotatable bonds is 7. The first-order chi connectivity index (χ1) is 10.2. The Morgan fingerprint density at radius 1 is 1.10 bits per heavy atom. The topological polar surface area (TPSA) is 21.3 Å². The predicted molar refractivity (Wildman–Crippen MR) is 89.2 cm³/mol. The highest BCUT2D eigenvalue weighted by Gasteiger charge is 2.05. The molecule has 0 saturated carbocycles. The highest BCUT2D eigenvalue weighted by atomic mass is 35.5. The summed E-state index contributed by atoms with van der Waals surface area (Å²) in [5.41, 5.74) is 3.66. The van der Waals surface area contributed by atoms with E-state index in [1.165, 1.54) is 11.1 Å². The van der Waals surface area contributed by atoms with Crippen LogP contribution in [0.1, 0.15) is 23.6 Å². The number of benzene rings is 2. The molecule has 21 heavy (non-hydrogen) atoms. The number of ether oxygens (including phenoxy) is 1. The fourth-order valence-corrected chi connectivity index (χ4v) is 2.39. The molecular weight excluding hydrogens is 282 g/mol. The average Bonchev–Trinajstić information content (AvgIpc) is 2.49. The Morgan fingerprint density at radius 3 is 2.62 bits per heavy atom. The largest absolute Gasteiger partial charge is 0.489 e. The third-order valence-electron chi connectivity index (χ3n) is 3.47. The maximum absolute atomic E-state index is 6.03. The fourth-order valence-electron chi connectivity index (χ4n) is 2.23. The van der Waals surface area contributed by atoms with Crippen LogP contribution in [0.4, 0.5) is 0 Å². The maximum Gasteiger partial charge on any atom is 0.124 e. The molecule has 0 unspecified atom stereocenters. The van der Waals surface area contributed by atoms with Gasteiger partial charge in [-0.1, -0.05) is 48.9 Å². The van der Waals surface area contributed by atoms with Crippen molar-refractivity contribution in [1.29, 1.82) is 0 Å². The van der Waals surface area contributed by atoms with Gasteiger partial charge in [-0.15, -0.1) is 0 Å². The molecular formula is C18H22ClNO. The van der Waals surface area contributed by atoms with Gasteiger partial charge in [-0.2, -0.15) is 0 Å². The molecule has 0 atom stereocenters. The van der Waals surface area contributed by atoms with E-state index in [1.54, 1.807) is 0 Å². The van der Waals surface area contributed by atoms with Gasteiger partial charge in [0.2, 0.25) is 0 Å². The minimum absolute atomic E-state index is 0.573. The average molecular weight is 304 g/mol. The summed E-state index contributed by atoms with van der Waals surface area (Å²) in [5.74, 6) is 0.851. The first kappa shape index (κ1) is 15.9. The molecule has 2 aromatic rings. The van der Waals surface area contributed by atoms with E-state index < -0.39 is 0 Å². The van der Waals surface area contributed by atoms with Crippen LogP contribution in [0, 0.1) is 6.92 Å². The summed E-state index contributed by atoms with van der Waals surface area (Å²) in [7, 11) is 0. The molecule has 0 aromatic heterocycles. The molecule has 0 aliphatic heterocycles. The van der Waals surface area contributed by atoms with Crippen LogP contribution in [-0.2, 0) is 13.0 Å². The van der Waals surface area contributed by atoms with E-state index in [0.717, 1.165) is 30.8 Å². The molecule has 0 saturated heterocycles. The molecule has 0 fully saturated rings. The summed E-state index contributed by atoms with van der Waals surface area (Å²) >= 11 is 6.03. The van der Waals surface area contributed by atoms with E-state index in [-0.39, 0.29) is 0 Å². The minimum Gasteiger partial charge on any atom is -0.489 e.